The third kappa shape index (κ3) is 7.43. The van der Waals surface area contributed by atoms with Crippen molar-refractivity contribution in [2.24, 2.45) is 5.92 Å². The molecule has 0 unspecified atom stereocenters. The molecule has 1 nitrogen and oxygen atoms in total. The van der Waals surface area contributed by atoms with E-state index in [-0.39, 0.29) is 11.3 Å². The zero-order chi connectivity index (χ0) is 26.7. The molecule has 1 saturated carbocycles. The predicted molar refractivity (Wildman–Crippen MR) is 155 cm³/mol. The molecule has 3 aromatic rings. The first kappa shape index (κ1) is 27.8. The number of halogens is 2. The van der Waals surface area contributed by atoms with Crippen molar-refractivity contribution in [1.82, 2.24) is 0 Å². The molecule has 1 aliphatic rings. The first-order valence-corrected chi connectivity index (χ1v) is 14.2. The minimum atomic E-state index is -0.929. The van der Waals surface area contributed by atoms with Crippen LogP contribution in [0.2, 0.25) is 0 Å². The van der Waals surface area contributed by atoms with Gasteiger partial charge in [-0.25, -0.2) is 4.39 Å². The van der Waals surface area contributed by atoms with Crippen molar-refractivity contribution in [1.29, 1.82) is 0 Å². The van der Waals surface area contributed by atoms with Gasteiger partial charge in [0.25, 0.3) is 0 Å². The van der Waals surface area contributed by atoms with E-state index in [2.05, 4.69) is 55.5 Å². The maximum absolute atomic E-state index is 14.5. The Hall–Kier alpha value is -3.20. The van der Waals surface area contributed by atoms with E-state index in [1.165, 1.54) is 48.4 Å². The average molecular weight is 515 g/mol. The molecule has 1 aliphatic carbocycles. The van der Waals surface area contributed by atoms with Crippen LogP contribution in [0.25, 0.3) is 11.1 Å². The lowest BCUT2D eigenvalue weighted by Gasteiger charge is -2.27. The van der Waals surface area contributed by atoms with Gasteiger partial charge < -0.3 is 4.74 Å². The molecule has 0 amide bonds. The van der Waals surface area contributed by atoms with E-state index in [4.69, 9.17) is 4.74 Å². The third-order valence-corrected chi connectivity index (χ3v) is 7.68. The van der Waals surface area contributed by atoms with Gasteiger partial charge in [0.1, 0.15) is 0 Å². The van der Waals surface area contributed by atoms with E-state index in [1.807, 2.05) is 24.3 Å². The van der Waals surface area contributed by atoms with Gasteiger partial charge in [-0.2, -0.15) is 4.39 Å². The highest BCUT2D eigenvalue weighted by Gasteiger charge is 2.20. The Labute approximate surface area is 227 Å². The van der Waals surface area contributed by atoms with Crippen LogP contribution >= 0.6 is 0 Å². The number of allylic oxidation sites excluding steroid dienone is 4. The Bertz CT molecular complexity index is 1200. The van der Waals surface area contributed by atoms with Gasteiger partial charge in [-0.1, -0.05) is 72.8 Å². The zero-order valence-electron chi connectivity index (χ0n) is 22.8. The van der Waals surface area contributed by atoms with Crippen LogP contribution in [-0.4, -0.2) is 6.61 Å². The van der Waals surface area contributed by atoms with E-state index >= 15 is 0 Å². The lowest BCUT2D eigenvalue weighted by molar-refractivity contribution is 0.314. The number of rotatable bonds is 11. The number of ether oxygens (including phenoxy) is 1. The minimum Gasteiger partial charge on any atom is -0.491 e. The topological polar surface area (TPSA) is 9.23 Å². The highest BCUT2D eigenvalue weighted by Crippen LogP contribution is 2.36. The summed E-state index contributed by atoms with van der Waals surface area (Å²) in [5.41, 5.74) is 5.05. The maximum atomic E-state index is 14.5. The largest absolute Gasteiger partial charge is 0.491 e. The highest BCUT2D eigenvalue weighted by atomic mass is 19.2. The molecule has 3 aromatic carbocycles. The second-order valence-electron chi connectivity index (χ2n) is 10.3. The highest BCUT2D eigenvalue weighted by molar-refractivity contribution is 5.65. The van der Waals surface area contributed by atoms with Crippen LogP contribution in [0.5, 0.6) is 5.75 Å². The van der Waals surface area contributed by atoms with Crippen molar-refractivity contribution in [2.45, 2.75) is 71.1 Å². The molecular formula is C35H40F2O. The van der Waals surface area contributed by atoms with Crippen molar-refractivity contribution in [3.05, 3.63) is 113 Å². The fraction of sp³-hybridized carbons (Fsp3) is 0.371. The lowest BCUT2D eigenvalue weighted by atomic mass is 9.78. The normalized spacial score (nSPS) is 17.9. The van der Waals surface area contributed by atoms with Crippen molar-refractivity contribution >= 4 is 0 Å². The molecule has 1 fully saturated rings. The molecule has 200 valence electrons. The monoisotopic (exact) mass is 514 g/mol. The summed E-state index contributed by atoms with van der Waals surface area (Å²) in [5, 5.41) is 0. The summed E-state index contributed by atoms with van der Waals surface area (Å²) < 4.78 is 33.9. The van der Waals surface area contributed by atoms with Gasteiger partial charge in [-0.15, -0.1) is 0 Å². The van der Waals surface area contributed by atoms with Crippen LogP contribution in [0.1, 0.15) is 75.0 Å². The van der Waals surface area contributed by atoms with E-state index in [0.717, 1.165) is 25.7 Å². The molecule has 38 heavy (non-hydrogen) atoms. The first-order valence-electron chi connectivity index (χ1n) is 14.2. The molecule has 3 heteroatoms. The molecule has 0 bridgehead atoms. The van der Waals surface area contributed by atoms with Crippen molar-refractivity contribution < 1.29 is 13.5 Å². The van der Waals surface area contributed by atoms with Crippen molar-refractivity contribution in [3.63, 3.8) is 0 Å². The molecule has 0 heterocycles. The smallest absolute Gasteiger partial charge is 0.201 e. The molecule has 0 N–H and O–H groups in total. The fourth-order valence-corrected chi connectivity index (χ4v) is 5.43. The molecule has 0 aliphatic heterocycles. The Kier molecular flexibility index (Phi) is 10.3. The Morgan fingerprint density at radius 1 is 0.763 bits per heavy atom. The van der Waals surface area contributed by atoms with E-state index in [9.17, 15) is 8.78 Å². The van der Waals surface area contributed by atoms with Crippen LogP contribution in [-0.2, 0) is 12.8 Å². The predicted octanol–water partition coefficient (Wildman–Crippen LogP) is 10.0. The molecular weight excluding hydrogens is 474 g/mol. The zero-order valence-corrected chi connectivity index (χ0v) is 22.8. The number of hydrogen-bond acceptors (Lipinski definition) is 1. The quantitative estimate of drug-likeness (QED) is 0.231. The number of hydrogen-bond donors (Lipinski definition) is 0. The summed E-state index contributed by atoms with van der Waals surface area (Å²) >= 11 is 0. The Morgan fingerprint density at radius 3 is 2.03 bits per heavy atom. The van der Waals surface area contributed by atoms with Crippen LogP contribution < -0.4 is 4.74 Å². The second-order valence-corrected chi connectivity index (χ2v) is 10.3. The standard InChI is InChI=1S/C35H40F2O/c1-3-5-6-9-26-12-18-29(19-13-26)30-20-14-27(15-21-30)10-7-8-11-28-16-22-31(23-17-28)32-24-25-33(38-4-2)35(37)34(32)36/h3,5,7,10,12-13,16-19,22-25,27,30H,4,6,8-9,11,14-15,20-21H2,1-2H3/b5-3+,10-7+. The summed E-state index contributed by atoms with van der Waals surface area (Å²) in [6, 6.07) is 20.1. The average Bonchev–Trinajstić information content (AvgIpc) is 2.95. The lowest BCUT2D eigenvalue weighted by Crippen LogP contribution is -2.11. The molecule has 4 rings (SSSR count). The number of aryl methyl sites for hydroxylation is 2. The van der Waals surface area contributed by atoms with Gasteiger partial charge in [-0.05, 0) is 111 Å². The Balaban J connectivity index is 1.22. The molecule has 0 radical (unpaired) electrons. The summed E-state index contributed by atoms with van der Waals surface area (Å²) in [5.74, 6) is -0.474. The Morgan fingerprint density at radius 2 is 1.39 bits per heavy atom. The molecule has 0 saturated heterocycles. The van der Waals surface area contributed by atoms with Gasteiger partial charge in [0.15, 0.2) is 11.6 Å². The fourth-order valence-electron chi connectivity index (χ4n) is 5.43. The molecule has 0 spiro atoms. The van der Waals surface area contributed by atoms with Crippen LogP contribution in [0.3, 0.4) is 0 Å². The van der Waals surface area contributed by atoms with Crippen LogP contribution in [0.4, 0.5) is 8.78 Å². The van der Waals surface area contributed by atoms with Gasteiger partial charge in [0.05, 0.1) is 6.61 Å². The van der Waals surface area contributed by atoms with Crippen molar-refractivity contribution in [3.8, 4) is 16.9 Å². The molecule has 0 atom stereocenters. The van der Waals surface area contributed by atoms with E-state index < -0.39 is 11.6 Å². The first-order chi connectivity index (χ1) is 18.6. The van der Waals surface area contributed by atoms with Crippen molar-refractivity contribution in [2.75, 3.05) is 6.61 Å². The van der Waals surface area contributed by atoms with Gasteiger partial charge in [0.2, 0.25) is 5.82 Å². The summed E-state index contributed by atoms with van der Waals surface area (Å²) in [6.07, 6.45) is 18.3. The number of benzene rings is 3. The maximum Gasteiger partial charge on any atom is 0.201 e. The molecule has 0 aromatic heterocycles. The summed E-state index contributed by atoms with van der Waals surface area (Å²) in [4.78, 5) is 0. The van der Waals surface area contributed by atoms with Crippen LogP contribution in [0, 0.1) is 17.6 Å². The minimum absolute atomic E-state index is 0.0458. The van der Waals surface area contributed by atoms with Crippen LogP contribution in [0.15, 0.2) is 85.0 Å². The SMILES string of the molecule is C/C=C/CCc1ccc(C2CCC(/C=C/CCc3ccc(-c4ccc(OCC)c(F)c4F)cc3)CC2)cc1. The van der Waals surface area contributed by atoms with Gasteiger partial charge in [0, 0.05) is 5.56 Å². The van der Waals surface area contributed by atoms with Gasteiger partial charge in [-0.3, -0.25) is 0 Å². The van der Waals surface area contributed by atoms with E-state index in [0.29, 0.717) is 24.0 Å². The summed E-state index contributed by atoms with van der Waals surface area (Å²) in [7, 11) is 0. The van der Waals surface area contributed by atoms with Gasteiger partial charge >= 0.3 is 0 Å². The third-order valence-electron chi connectivity index (χ3n) is 7.68. The second kappa shape index (κ2) is 14.1. The summed E-state index contributed by atoms with van der Waals surface area (Å²) in [6.45, 7) is 4.12. The van der Waals surface area contributed by atoms with E-state index in [1.54, 1.807) is 13.0 Å².